The van der Waals surface area contributed by atoms with Crippen molar-refractivity contribution >= 4 is 17.8 Å². The van der Waals surface area contributed by atoms with Gasteiger partial charge in [-0.25, -0.2) is 9.59 Å². The summed E-state index contributed by atoms with van der Waals surface area (Å²) in [5.74, 6) is -2.97. The average molecular weight is 644 g/mol. The van der Waals surface area contributed by atoms with E-state index < -0.39 is 87.8 Å². The topological polar surface area (TPSA) is 172 Å². The first-order valence-corrected chi connectivity index (χ1v) is 16.1. The molecule has 2 bridgehead atoms. The number of aliphatic hydroxyl groups excluding tert-OH is 2. The van der Waals surface area contributed by atoms with Crippen LogP contribution < -0.4 is 5.32 Å². The summed E-state index contributed by atoms with van der Waals surface area (Å²) in [6.07, 6.45) is -5.24. The number of carbonyl (C=O) groups is 3. The van der Waals surface area contributed by atoms with Crippen molar-refractivity contribution in [2.24, 2.45) is 22.7 Å². The number of nitrogens with one attached hydrogen (secondary N) is 1. The number of carbonyl (C=O) groups excluding carboxylic acids is 3. The number of ether oxygens (including phenoxy) is 3. The number of Topliss-reactive ketones (excluding diaryl/α,β-unsaturated/α-hetero) is 1. The molecule has 0 spiro atoms. The number of rotatable bonds is 5. The standard InChI is InChI=1S/C35H49NO10/c1-18-21(45-29(40)26(38)24(20-12-10-9-11-13-20)36-30(41)46-31(3,4)5)16-35(43)19(2)27-33(8,15-14-22-34(27,42)17-44-22)28(39)25(37)23(18)32(35,6)7/h9-13,19,21-22,24-27,37-38,42-43H,14-17H2,1-8H3,(H,36,41)/t19?,21?,22?,24?,25?,26?,27?,33-,34?,35?/m1/s1. The maximum atomic E-state index is 14.2. The number of esters is 1. The smallest absolute Gasteiger partial charge is 0.408 e. The predicted octanol–water partition coefficient (Wildman–Crippen LogP) is 3.13. The molecule has 1 saturated heterocycles. The van der Waals surface area contributed by atoms with Crippen LogP contribution in [-0.2, 0) is 23.8 Å². The second-order valence-corrected chi connectivity index (χ2v) is 15.5. The number of amides is 1. The molecule has 11 heteroatoms. The number of fused-ring (bicyclic) bond motifs is 5. The van der Waals surface area contributed by atoms with Crippen molar-refractivity contribution in [2.75, 3.05) is 6.61 Å². The first kappa shape index (κ1) is 34.5. The molecule has 46 heavy (non-hydrogen) atoms. The van der Waals surface area contributed by atoms with Crippen LogP contribution in [0, 0.1) is 22.7 Å². The Labute approximate surface area is 270 Å². The molecule has 2 saturated carbocycles. The Balaban J connectivity index is 1.51. The zero-order chi connectivity index (χ0) is 34.2. The fourth-order valence-electron chi connectivity index (χ4n) is 8.93. The van der Waals surface area contributed by atoms with Gasteiger partial charge in [0.2, 0.25) is 0 Å². The Hall–Kier alpha value is -2.83. The molecule has 5 rings (SSSR count). The molecule has 0 aromatic heterocycles. The van der Waals surface area contributed by atoms with Crippen LogP contribution in [0.4, 0.5) is 4.79 Å². The Morgan fingerprint density at radius 1 is 1.11 bits per heavy atom. The Bertz CT molecular complexity index is 1420. The molecule has 3 fully saturated rings. The lowest BCUT2D eigenvalue weighted by Gasteiger charge is -2.66. The van der Waals surface area contributed by atoms with Gasteiger partial charge in [0.25, 0.3) is 0 Å². The van der Waals surface area contributed by atoms with Gasteiger partial charge < -0.3 is 40.0 Å². The molecule has 5 N–H and O–H groups in total. The van der Waals surface area contributed by atoms with Crippen molar-refractivity contribution in [2.45, 2.75) is 122 Å². The fraction of sp³-hybridized carbons (Fsp3) is 0.686. The van der Waals surface area contributed by atoms with E-state index in [2.05, 4.69) is 5.32 Å². The van der Waals surface area contributed by atoms with Crippen LogP contribution in [0.5, 0.6) is 0 Å². The van der Waals surface area contributed by atoms with Crippen molar-refractivity contribution in [3.63, 3.8) is 0 Å². The maximum Gasteiger partial charge on any atom is 0.408 e. The quantitative estimate of drug-likeness (QED) is 0.237. The highest BCUT2D eigenvalue weighted by Gasteiger charge is 2.72. The molecular weight excluding hydrogens is 594 g/mol. The second kappa shape index (κ2) is 11.4. The summed E-state index contributed by atoms with van der Waals surface area (Å²) in [6, 6.07) is 7.20. The number of alkyl carbamates (subject to hydrolysis) is 1. The van der Waals surface area contributed by atoms with Crippen molar-refractivity contribution in [1.82, 2.24) is 5.32 Å². The Kier molecular flexibility index (Phi) is 8.55. The van der Waals surface area contributed by atoms with Gasteiger partial charge in [-0.3, -0.25) is 4.79 Å². The van der Waals surface area contributed by atoms with Gasteiger partial charge in [-0.05, 0) is 63.2 Å². The lowest BCUT2D eigenvalue weighted by Crippen LogP contribution is -2.76. The summed E-state index contributed by atoms with van der Waals surface area (Å²) in [6.45, 7) is 13.8. The average Bonchev–Trinajstić information content (AvgIpc) is 2.95. The van der Waals surface area contributed by atoms with Crippen LogP contribution in [0.3, 0.4) is 0 Å². The monoisotopic (exact) mass is 643 g/mol. The third-order valence-electron chi connectivity index (χ3n) is 11.4. The zero-order valence-corrected chi connectivity index (χ0v) is 28.0. The van der Waals surface area contributed by atoms with Gasteiger partial charge in [-0.2, -0.15) is 0 Å². The van der Waals surface area contributed by atoms with Crippen LogP contribution in [0.25, 0.3) is 0 Å². The number of hydrogen-bond acceptors (Lipinski definition) is 10. The maximum absolute atomic E-state index is 14.2. The van der Waals surface area contributed by atoms with E-state index >= 15 is 0 Å². The van der Waals surface area contributed by atoms with Crippen molar-refractivity contribution in [1.29, 1.82) is 0 Å². The van der Waals surface area contributed by atoms with Crippen LogP contribution in [0.1, 0.15) is 86.3 Å². The lowest BCUT2D eigenvalue weighted by molar-refractivity contribution is -0.320. The summed E-state index contributed by atoms with van der Waals surface area (Å²) >= 11 is 0. The van der Waals surface area contributed by atoms with Gasteiger partial charge in [0.05, 0.1) is 24.4 Å². The molecular formula is C35H49NO10. The highest BCUT2D eigenvalue weighted by Crippen LogP contribution is 2.64. The third kappa shape index (κ3) is 5.28. The van der Waals surface area contributed by atoms with Crippen LogP contribution >= 0.6 is 0 Å². The summed E-state index contributed by atoms with van der Waals surface area (Å²) in [5, 5.41) is 50.3. The summed E-state index contributed by atoms with van der Waals surface area (Å²) < 4.78 is 17.0. The van der Waals surface area contributed by atoms with Gasteiger partial charge in [-0.1, -0.05) is 58.0 Å². The van der Waals surface area contributed by atoms with E-state index in [0.717, 1.165) is 0 Å². The molecule has 4 aliphatic rings. The van der Waals surface area contributed by atoms with E-state index in [0.29, 0.717) is 24.0 Å². The molecule has 10 atom stereocenters. The van der Waals surface area contributed by atoms with E-state index in [1.54, 1.807) is 85.7 Å². The zero-order valence-electron chi connectivity index (χ0n) is 28.0. The molecule has 1 amide bonds. The largest absolute Gasteiger partial charge is 0.456 e. The third-order valence-corrected chi connectivity index (χ3v) is 11.4. The SMILES string of the molecule is CC1=C2C(O)C(=O)[C@]3(C)CCC4OCC4(O)C3C(C)C(O)(CC1OC(=O)C(O)C(NC(=O)OC(C)(C)C)c1ccccc1)C2(C)C. The van der Waals surface area contributed by atoms with Gasteiger partial charge in [0, 0.05) is 23.2 Å². The van der Waals surface area contributed by atoms with Gasteiger partial charge >= 0.3 is 12.1 Å². The predicted molar refractivity (Wildman–Crippen MR) is 166 cm³/mol. The molecule has 3 aliphatic carbocycles. The molecule has 11 nitrogen and oxygen atoms in total. The molecule has 9 unspecified atom stereocenters. The van der Waals surface area contributed by atoms with E-state index in [4.69, 9.17) is 14.2 Å². The van der Waals surface area contributed by atoms with Gasteiger partial charge in [0.15, 0.2) is 11.9 Å². The van der Waals surface area contributed by atoms with E-state index in [1.807, 2.05) is 0 Å². The summed E-state index contributed by atoms with van der Waals surface area (Å²) in [5.41, 5.74) is -5.07. The summed E-state index contributed by atoms with van der Waals surface area (Å²) in [7, 11) is 0. The number of benzene rings is 1. The minimum Gasteiger partial charge on any atom is -0.456 e. The number of aliphatic hydroxyl groups is 4. The lowest BCUT2D eigenvalue weighted by atomic mass is 9.43. The van der Waals surface area contributed by atoms with Crippen molar-refractivity contribution in [3.05, 3.63) is 47.0 Å². The molecule has 254 valence electrons. The Morgan fingerprint density at radius 2 is 1.74 bits per heavy atom. The molecule has 1 aromatic carbocycles. The number of hydrogen-bond donors (Lipinski definition) is 5. The van der Waals surface area contributed by atoms with Gasteiger partial charge in [0.1, 0.15) is 23.4 Å². The fourth-order valence-corrected chi connectivity index (χ4v) is 8.93. The van der Waals surface area contributed by atoms with Crippen molar-refractivity contribution in [3.8, 4) is 0 Å². The normalized spacial score (nSPS) is 38.2. The second-order valence-electron chi connectivity index (χ2n) is 15.5. The molecule has 0 radical (unpaired) electrons. The minimum absolute atomic E-state index is 0.0139. The first-order valence-electron chi connectivity index (χ1n) is 16.1. The van der Waals surface area contributed by atoms with Crippen LogP contribution in [0.15, 0.2) is 41.5 Å². The highest BCUT2D eigenvalue weighted by molar-refractivity contribution is 5.92. The Morgan fingerprint density at radius 3 is 2.30 bits per heavy atom. The molecule has 1 aromatic rings. The first-order chi connectivity index (χ1) is 21.2. The van der Waals surface area contributed by atoms with Gasteiger partial charge in [-0.15, -0.1) is 0 Å². The van der Waals surface area contributed by atoms with E-state index in [1.165, 1.54) is 0 Å². The molecule has 1 heterocycles. The van der Waals surface area contributed by atoms with E-state index in [-0.39, 0.29) is 18.6 Å². The summed E-state index contributed by atoms with van der Waals surface area (Å²) in [4.78, 5) is 40.6. The number of ketones is 1. The van der Waals surface area contributed by atoms with E-state index in [9.17, 15) is 34.8 Å². The molecule has 1 aliphatic heterocycles. The minimum atomic E-state index is -1.87. The van der Waals surface area contributed by atoms with Crippen LogP contribution in [-0.4, -0.2) is 86.1 Å². The van der Waals surface area contributed by atoms with Crippen LogP contribution in [0.2, 0.25) is 0 Å². The highest BCUT2D eigenvalue weighted by atomic mass is 16.6. The van der Waals surface area contributed by atoms with Crippen molar-refractivity contribution < 1.29 is 49.0 Å².